The molecule has 600 valence electrons. The molecule has 0 amide bonds. The molecule has 19 heteroatoms. The average molecular weight is 1480 g/mol. The highest BCUT2D eigenvalue weighted by atomic mass is 31.2. The van der Waals surface area contributed by atoms with E-state index in [0.29, 0.717) is 25.7 Å². The maximum Gasteiger partial charge on any atom is 0.472 e. The van der Waals surface area contributed by atoms with Gasteiger partial charge < -0.3 is 33.8 Å². The van der Waals surface area contributed by atoms with Gasteiger partial charge in [0.25, 0.3) is 0 Å². The molecule has 0 aromatic heterocycles. The van der Waals surface area contributed by atoms with E-state index in [1.165, 1.54) is 276 Å². The Kier molecular flexibility index (Phi) is 74.8. The Morgan fingerprint density at radius 2 is 0.396 bits per heavy atom. The summed E-state index contributed by atoms with van der Waals surface area (Å²) in [5, 5.41) is 10.6. The molecule has 0 spiro atoms. The number of unbranched alkanes of at least 4 members (excludes halogenated alkanes) is 57. The largest absolute Gasteiger partial charge is 0.472 e. The van der Waals surface area contributed by atoms with E-state index < -0.39 is 97.5 Å². The second-order valence-corrected chi connectivity index (χ2v) is 32.4. The maximum absolute atomic E-state index is 13.1. The molecule has 3 N–H and O–H groups in total. The van der Waals surface area contributed by atoms with Crippen molar-refractivity contribution in [2.45, 2.75) is 463 Å². The van der Waals surface area contributed by atoms with Crippen LogP contribution in [-0.2, 0) is 65.4 Å². The molecule has 0 bridgehead atoms. The Balaban J connectivity index is 5.18. The van der Waals surface area contributed by atoms with Gasteiger partial charge in [0.05, 0.1) is 26.4 Å². The fourth-order valence-corrected chi connectivity index (χ4v) is 14.4. The summed E-state index contributed by atoms with van der Waals surface area (Å²) in [4.78, 5) is 72.9. The molecule has 101 heavy (non-hydrogen) atoms. The van der Waals surface area contributed by atoms with Crippen molar-refractivity contribution in [2.75, 3.05) is 39.6 Å². The molecular weight excluding hydrogens is 1320 g/mol. The van der Waals surface area contributed by atoms with Gasteiger partial charge in [0.15, 0.2) is 12.2 Å². The number of phosphoric ester groups is 2. The number of ether oxygens (including phenoxy) is 4. The van der Waals surface area contributed by atoms with Crippen LogP contribution in [0.3, 0.4) is 0 Å². The van der Waals surface area contributed by atoms with Crippen molar-refractivity contribution in [1.82, 2.24) is 0 Å². The Bertz CT molecular complexity index is 1910. The van der Waals surface area contributed by atoms with E-state index in [2.05, 4.69) is 27.7 Å². The number of esters is 4. The minimum absolute atomic E-state index is 0.108. The van der Waals surface area contributed by atoms with Gasteiger partial charge in [-0.25, -0.2) is 9.13 Å². The second kappa shape index (κ2) is 76.3. The molecule has 0 rings (SSSR count). The standard InChI is InChI=1S/C82H160O17P2/c1-5-9-13-17-21-25-28-31-33-35-37-39-41-43-46-48-51-55-59-63-67-80(85)93-73-78(99-82(87)69-65-61-57-53-50-47-44-42-40-38-36-34-32-29-26-22-18-14-10-6-2)75-97-101(90,91)95-71-76(83)70-94-100(88,89)96-74-77(72-92-79(84)66-62-58-54-24-20-16-12-8-4)98-81(86)68-64-60-56-52-49-45-30-27-23-19-15-11-7-3/h76-78,83H,5-75H2,1-4H3,(H,88,89)(H,90,91)/t76-,77+,78+/m0/s1. The van der Waals surface area contributed by atoms with Crippen LogP contribution in [0.2, 0.25) is 0 Å². The van der Waals surface area contributed by atoms with Crippen LogP contribution in [0.1, 0.15) is 445 Å². The van der Waals surface area contributed by atoms with Crippen LogP contribution in [0.4, 0.5) is 0 Å². The number of phosphoric acid groups is 2. The number of carbonyl (C=O) groups excluding carboxylic acids is 4. The Morgan fingerprint density at radius 1 is 0.238 bits per heavy atom. The van der Waals surface area contributed by atoms with Gasteiger partial charge >= 0.3 is 39.5 Å². The first kappa shape index (κ1) is 99.1. The highest BCUT2D eigenvalue weighted by Crippen LogP contribution is 2.45. The number of aliphatic hydroxyl groups is 1. The summed E-state index contributed by atoms with van der Waals surface area (Å²) < 4.78 is 68.7. The summed E-state index contributed by atoms with van der Waals surface area (Å²) in [6, 6.07) is 0. The quantitative estimate of drug-likeness (QED) is 0.0222. The first-order chi connectivity index (χ1) is 49.2. The first-order valence-corrected chi connectivity index (χ1v) is 45.8. The monoisotopic (exact) mass is 1480 g/mol. The minimum atomic E-state index is -4.96. The maximum atomic E-state index is 13.1. The van der Waals surface area contributed by atoms with E-state index in [4.69, 9.17) is 37.0 Å². The molecular formula is C82H160O17P2. The summed E-state index contributed by atoms with van der Waals surface area (Å²) in [5.74, 6) is -2.11. The lowest BCUT2D eigenvalue weighted by Crippen LogP contribution is -2.30. The molecule has 0 aliphatic rings. The van der Waals surface area contributed by atoms with Crippen molar-refractivity contribution in [3.8, 4) is 0 Å². The third-order valence-corrected chi connectivity index (χ3v) is 21.3. The second-order valence-electron chi connectivity index (χ2n) is 29.5. The molecule has 0 saturated carbocycles. The predicted octanol–water partition coefficient (Wildman–Crippen LogP) is 25.0. The van der Waals surface area contributed by atoms with Crippen LogP contribution in [0.25, 0.3) is 0 Å². The predicted molar refractivity (Wildman–Crippen MR) is 414 cm³/mol. The summed E-state index contributed by atoms with van der Waals surface area (Å²) in [7, 11) is -9.91. The number of hydrogen-bond acceptors (Lipinski definition) is 15. The van der Waals surface area contributed by atoms with Crippen molar-refractivity contribution in [3.63, 3.8) is 0 Å². The van der Waals surface area contributed by atoms with Crippen LogP contribution in [0.15, 0.2) is 0 Å². The summed E-state index contributed by atoms with van der Waals surface area (Å²) in [5.41, 5.74) is 0. The van der Waals surface area contributed by atoms with Crippen LogP contribution < -0.4 is 0 Å². The zero-order valence-electron chi connectivity index (χ0n) is 65.9. The van der Waals surface area contributed by atoms with E-state index in [9.17, 15) is 43.2 Å². The molecule has 0 saturated heterocycles. The zero-order valence-corrected chi connectivity index (χ0v) is 67.7. The van der Waals surface area contributed by atoms with Gasteiger partial charge in [0, 0.05) is 25.7 Å². The highest BCUT2D eigenvalue weighted by molar-refractivity contribution is 7.47. The van der Waals surface area contributed by atoms with Gasteiger partial charge in [-0.2, -0.15) is 0 Å². The SMILES string of the molecule is CCCCCCCCCCCCCCCCCCCCCCC(=O)OC[C@H](COP(=O)(O)OC[C@@H](O)COP(=O)(O)OC[C@@H](COC(=O)CCCCCCCCCC)OC(=O)CCCCCCCCCCCCCCC)OC(=O)CCCCCCCCCCCCCCCCCCCCCC. The van der Waals surface area contributed by atoms with Gasteiger partial charge in [-0.05, 0) is 25.7 Å². The van der Waals surface area contributed by atoms with Gasteiger partial charge in [-0.15, -0.1) is 0 Å². The number of aliphatic hydroxyl groups excluding tert-OH is 1. The van der Waals surface area contributed by atoms with E-state index in [-0.39, 0.29) is 25.7 Å². The fourth-order valence-electron chi connectivity index (χ4n) is 12.8. The molecule has 17 nitrogen and oxygen atoms in total. The van der Waals surface area contributed by atoms with Gasteiger partial charge in [-0.3, -0.25) is 37.3 Å². The van der Waals surface area contributed by atoms with E-state index in [0.717, 1.165) is 89.9 Å². The molecule has 0 heterocycles. The summed E-state index contributed by atoms with van der Waals surface area (Å²) in [6.07, 6.45) is 69.6. The zero-order chi connectivity index (χ0) is 73.9. The fraction of sp³-hybridized carbons (Fsp3) is 0.951. The van der Waals surface area contributed by atoms with Gasteiger partial charge in [-0.1, -0.05) is 394 Å². The summed E-state index contributed by atoms with van der Waals surface area (Å²) in [6.45, 7) is 5.00. The number of rotatable bonds is 83. The number of hydrogen-bond donors (Lipinski definition) is 3. The highest BCUT2D eigenvalue weighted by Gasteiger charge is 2.30. The minimum Gasteiger partial charge on any atom is -0.462 e. The van der Waals surface area contributed by atoms with Crippen LogP contribution >= 0.6 is 15.6 Å². The normalized spacial score (nSPS) is 13.8. The van der Waals surface area contributed by atoms with Gasteiger partial charge in [0.2, 0.25) is 0 Å². The van der Waals surface area contributed by atoms with Crippen LogP contribution in [0, 0.1) is 0 Å². The molecule has 0 radical (unpaired) electrons. The smallest absolute Gasteiger partial charge is 0.462 e. The van der Waals surface area contributed by atoms with Crippen molar-refractivity contribution in [3.05, 3.63) is 0 Å². The molecule has 0 aliphatic carbocycles. The van der Waals surface area contributed by atoms with Crippen LogP contribution in [-0.4, -0.2) is 96.7 Å². The lowest BCUT2D eigenvalue weighted by molar-refractivity contribution is -0.161. The third-order valence-electron chi connectivity index (χ3n) is 19.4. The third kappa shape index (κ3) is 76.1. The molecule has 5 atom stereocenters. The van der Waals surface area contributed by atoms with E-state index >= 15 is 0 Å². The van der Waals surface area contributed by atoms with Crippen molar-refractivity contribution in [1.29, 1.82) is 0 Å². The number of carbonyl (C=O) groups is 4. The van der Waals surface area contributed by atoms with Crippen molar-refractivity contribution >= 4 is 39.5 Å². The average Bonchev–Trinajstić information content (AvgIpc) is 1.28. The first-order valence-electron chi connectivity index (χ1n) is 42.8. The van der Waals surface area contributed by atoms with Crippen molar-refractivity contribution in [2.24, 2.45) is 0 Å². The molecule has 2 unspecified atom stereocenters. The lowest BCUT2D eigenvalue weighted by atomic mass is 10.0. The Labute approximate surface area is 619 Å². The molecule has 0 aliphatic heterocycles. The van der Waals surface area contributed by atoms with Gasteiger partial charge in [0.1, 0.15) is 19.3 Å². The molecule has 0 aromatic rings. The lowest BCUT2D eigenvalue weighted by Gasteiger charge is -2.21. The van der Waals surface area contributed by atoms with Crippen molar-refractivity contribution < 1.29 is 80.2 Å². The Morgan fingerprint density at radius 3 is 0.584 bits per heavy atom. The topological polar surface area (TPSA) is 237 Å². The van der Waals surface area contributed by atoms with E-state index in [1.54, 1.807) is 0 Å². The molecule has 0 aromatic carbocycles. The summed E-state index contributed by atoms with van der Waals surface area (Å²) >= 11 is 0. The van der Waals surface area contributed by atoms with Crippen LogP contribution in [0.5, 0.6) is 0 Å². The molecule has 0 fully saturated rings. The Hall–Kier alpha value is -1.94. The van der Waals surface area contributed by atoms with E-state index in [1.807, 2.05) is 0 Å².